The van der Waals surface area contributed by atoms with E-state index in [1.807, 2.05) is 6.07 Å². The van der Waals surface area contributed by atoms with Gasteiger partial charge in [0.25, 0.3) is 0 Å². The smallest absolute Gasteiger partial charge is 0.190 e. The van der Waals surface area contributed by atoms with Crippen molar-refractivity contribution in [3.8, 4) is 0 Å². The molecule has 0 saturated heterocycles. The molecule has 0 aliphatic carbocycles. The molecule has 4 nitrogen and oxygen atoms in total. The van der Waals surface area contributed by atoms with Gasteiger partial charge >= 0.3 is 0 Å². The zero-order valence-electron chi connectivity index (χ0n) is 13.4. The molecule has 1 rings (SSSR count). The van der Waals surface area contributed by atoms with Gasteiger partial charge in [0.05, 0.1) is 0 Å². The molecular formula is C16H27FIN3O. The first-order valence-electron chi connectivity index (χ1n) is 7.44. The summed E-state index contributed by atoms with van der Waals surface area (Å²) in [5.74, 6) is 0.601. The molecule has 0 atom stereocenters. The Morgan fingerprint density at radius 3 is 2.64 bits per heavy atom. The number of nitrogens with one attached hydrogen (secondary N) is 2. The Labute approximate surface area is 149 Å². The molecule has 22 heavy (non-hydrogen) atoms. The standard InChI is InChI=1S/C16H26FN3O.HI/c1-18-16(19-10-4-3-5-12-21-2)20-11-9-14-7-6-8-15(17)13-14;/h6-8,13H,3-5,9-12H2,1-2H3,(H2,18,19,20);1H. The Hall–Kier alpha value is -0.890. The van der Waals surface area contributed by atoms with E-state index in [0.717, 1.165) is 56.9 Å². The highest BCUT2D eigenvalue weighted by Gasteiger charge is 1.99. The summed E-state index contributed by atoms with van der Waals surface area (Å²) < 4.78 is 18.1. The predicted molar refractivity (Wildman–Crippen MR) is 101 cm³/mol. The van der Waals surface area contributed by atoms with Crippen molar-refractivity contribution in [3.05, 3.63) is 35.6 Å². The highest BCUT2D eigenvalue weighted by molar-refractivity contribution is 14.0. The normalized spacial score (nSPS) is 11.0. The molecule has 0 unspecified atom stereocenters. The van der Waals surface area contributed by atoms with Gasteiger partial charge in [0.15, 0.2) is 5.96 Å². The van der Waals surface area contributed by atoms with Gasteiger partial charge in [-0.3, -0.25) is 4.99 Å². The Bertz CT molecular complexity index is 430. The van der Waals surface area contributed by atoms with Crippen molar-refractivity contribution in [2.45, 2.75) is 25.7 Å². The van der Waals surface area contributed by atoms with Gasteiger partial charge in [0.2, 0.25) is 0 Å². The fourth-order valence-electron chi connectivity index (χ4n) is 1.99. The van der Waals surface area contributed by atoms with E-state index < -0.39 is 0 Å². The molecule has 0 fully saturated rings. The maximum Gasteiger partial charge on any atom is 0.190 e. The largest absolute Gasteiger partial charge is 0.385 e. The van der Waals surface area contributed by atoms with Gasteiger partial charge < -0.3 is 15.4 Å². The van der Waals surface area contributed by atoms with E-state index in [1.54, 1.807) is 26.3 Å². The summed E-state index contributed by atoms with van der Waals surface area (Å²) in [5, 5.41) is 6.50. The first-order chi connectivity index (χ1) is 10.3. The lowest BCUT2D eigenvalue weighted by molar-refractivity contribution is 0.192. The highest BCUT2D eigenvalue weighted by atomic mass is 127. The zero-order valence-corrected chi connectivity index (χ0v) is 15.7. The average molecular weight is 423 g/mol. The van der Waals surface area contributed by atoms with Crippen LogP contribution in [0.1, 0.15) is 24.8 Å². The van der Waals surface area contributed by atoms with Crippen LogP contribution in [0.4, 0.5) is 4.39 Å². The van der Waals surface area contributed by atoms with Crippen LogP contribution in [0.15, 0.2) is 29.3 Å². The van der Waals surface area contributed by atoms with Crippen molar-refractivity contribution in [1.29, 1.82) is 0 Å². The average Bonchev–Trinajstić information content (AvgIpc) is 2.49. The topological polar surface area (TPSA) is 45.7 Å². The van der Waals surface area contributed by atoms with Gasteiger partial charge in [0, 0.05) is 33.9 Å². The van der Waals surface area contributed by atoms with Crippen molar-refractivity contribution in [2.75, 3.05) is 33.9 Å². The third-order valence-electron chi connectivity index (χ3n) is 3.14. The monoisotopic (exact) mass is 423 g/mol. The minimum Gasteiger partial charge on any atom is -0.385 e. The number of halogens is 2. The summed E-state index contributed by atoms with van der Waals surface area (Å²) in [4.78, 5) is 4.17. The minimum absolute atomic E-state index is 0. The molecule has 0 heterocycles. The number of rotatable bonds is 9. The number of unbranched alkanes of at least 4 members (excludes halogenated alkanes) is 2. The third-order valence-corrected chi connectivity index (χ3v) is 3.14. The van der Waals surface area contributed by atoms with Gasteiger partial charge in [-0.05, 0) is 43.4 Å². The fourth-order valence-corrected chi connectivity index (χ4v) is 1.99. The van der Waals surface area contributed by atoms with E-state index in [-0.39, 0.29) is 29.8 Å². The lowest BCUT2D eigenvalue weighted by atomic mass is 10.1. The number of ether oxygens (including phenoxy) is 1. The lowest BCUT2D eigenvalue weighted by Gasteiger charge is -2.11. The van der Waals surface area contributed by atoms with E-state index in [9.17, 15) is 4.39 Å². The van der Waals surface area contributed by atoms with Crippen molar-refractivity contribution < 1.29 is 9.13 Å². The molecule has 2 N–H and O–H groups in total. The zero-order chi connectivity index (χ0) is 15.3. The SMILES string of the molecule is CN=C(NCCCCCOC)NCCc1cccc(F)c1.I. The first kappa shape index (κ1) is 21.1. The van der Waals surface area contributed by atoms with Gasteiger partial charge in [-0.15, -0.1) is 24.0 Å². The lowest BCUT2D eigenvalue weighted by Crippen LogP contribution is -2.38. The van der Waals surface area contributed by atoms with Crippen molar-refractivity contribution in [1.82, 2.24) is 10.6 Å². The van der Waals surface area contributed by atoms with Crippen LogP contribution in [0.5, 0.6) is 0 Å². The van der Waals surface area contributed by atoms with Crippen LogP contribution in [0, 0.1) is 5.82 Å². The molecule has 1 aromatic rings. The van der Waals surface area contributed by atoms with E-state index in [4.69, 9.17) is 4.74 Å². The van der Waals surface area contributed by atoms with Crippen LogP contribution in [-0.2, 0) is 11.2 Å². The van der Waals surface area contributed by atoms with Crippen LogP contribution in [-0.4, -0.2) is 39.8 Å². The van der Waals surface area contributed by atoms with Crippen LogP contribution < -0.4 is 10.6 Å². The van der Waals surface area contributed by atoms with Gasteiger partial charge in [-0.1, -0.05) is 12.1 Å². The molecule has 0 spiro atoms. The van der Waals surface area contributed by atoms with E-state index in [0.29, 0.717) is 0 Å². The second-order valence-electron chi connectivity index (χ2n) is 4.86. The van der Waals surface area contributed by atoms with Crippen LogP contribution in [0.2, 0.25) is 0 Å². The maximum atomic E-state index is 13.0. The number of guanidine groups is 1. The maximum absolute atomic E-state index is 13.0. The molecule has 0 aliphatic heterocycles. The van der Waals surface area contributed by atoms with E-state index in [1.165, 1.54) is 6.07 Å². The molecule has 126 valence electrons. The molecule has 1 aromatic carbocycles. The number of aliphatic imine (C=N–C) groups is 1. The number of benzene rings is 1. The third kappa shape index (κ3) is 9.94. The van der Waals surface area contributed by atoms with Crippen molar-refractivity contribution in [2.24, 2.45) is 4.99 Å². The molecule has 0 amide bonds. The van der Waals surface area contributed by atoms with Crippen LogP contribution in [0.25, 0.3) is 0 Å². The Kier molecular flexibility index (Phi) is 13.2. The van der Waals surface area contributed by atoms with Crippen LogP contribution >= 0.6 is 24.0 Å². The summed E-state index contributed by atoms with van der Waals surface area (Å²) in [6.45, 7) is 2.44. The molecule has 6 heteroatoms. The number of nitrogens with zero attached hydrogens (tertiary/aromatic N) is 1. The molecular weight excluding hydrogens is 396 g/mol. The second-order valence-corrected chi connectivity index (χ2v) is 4.86. The van der Waals surface area contributed by atoms with E-state index >= 15 is 0 Å². The molecule has 0 radical (unpaired) electrons. The molecule has 0 bridgehead atoms. The predicted octanol–water partition coefficient (Wildman–Crippen LogP) is 2.97. The summed E-state index contributed by atoms with van der Waals surface area (Å²) >= 11 is 0. The second kappa shape index (κ2) is 13.8. The summed E-state index contributed by atoms with van der Waals surface area (Å²) in [5.41, 5.74) is 0.984. The number of hydrogen-bond acceptors (Lipinski definition) is 2. The summed E-state index contributed by atoms with van der Waals surface area (Å²) in [6.07, 6.45) is 4.09. The van der Waals surface area contributed by atoms with Gasteiger partial charge in [-0.25, -0.2) is 4.39 Å². The Morgan fingerprint density at radius 2 is 1.95 bits per heavy atom. The first-order valence-corrected chi connectivity index (χ1v) is 7.44. The fraction of sp³-hybridized carbons (Fsp3) is 0.562. The van der Waals surface area contributed by atoms with E-state index in [2.05, 4.69) is 15.6 Å². The summed E-state index contributed by atoms with van der Waals surface area (Å²) in [7, 11) is 3.48. The Morgan fingerprint density at radius 1 is 1.18 bits per heavy atom. The Balaban J connectivity index is 0.00000441. The molecule has 0 aliphatic rings. The van der Waals surface area contributed by atoms with Crippen molar-refractivity contribution >= 4 is 29.9 Å². The van der Waals surface area contributed by atoms with Crippen molar-refractivity contribution in [3.63, 3.8) is 0 Å². The quantitative estimate of drug-likeness (QED) is 0.278. The minimum atomic E-state index is -0.189. The van der Waals surface area contributed by atoms with Crippen LogP contribution in [0.3, 0.4) is 0 Å². The molecule has 0 aromatic heterocycles. The van der Waals surface area contributed by atoms with Gasteiger partial charge in [0.1, 0.15) is 5.82 Å². The molecule has 0 saturated carbocycles. The number of methoxy groups -OCH3 is 1. The highest BCUT2D eigenvalue weighted by Crippen LogP contribution is 2.03. The number of hydrogen-bond donors (Lipinski definition) is 2. The van der Waals surface area contributed by atoms with Gasteiger partial charge in [-0.2, -0.15) is 0 Å². The summed E-state index contributed by atoms with van der Waals surface area (Å²) in [6, 6.07) is 6.68.